The number of ether oxygens (including phenoxy) is 1. The Morgan fingerprint density at radius 2 is 1.83 bits per heavy atom. The summed E-state index contributed by atoms with van der Waals surface area (Å²) < 4.78 is 5.69. The largest absolute Gasteiger partial charge is 0.481 e. The number of amides is 1. The number of halogens is 1. The maximum Gasteiger partial charge on any atom is 0.261 e. The number of nitrogens with one attached hydrogen (secondary N) is 1. The molecule has 4 nitrogen and oxygen atoms in total. The zero-order valence-electron chi connectivity index (χ0n) is 15.0. The first-order valence-electron chi connectivity index (χ1n) is 7.97. The van der Waals surface area contributed by atoms with Crippen LogP contribution in [-0.4, -0.2) is 43.6 Å². The molecule has 0 saturated heterocycles. The topological polar surface area (TPSA) is 41.6 Å². The molecule has 130 valence electrons. The fourth-order valence-electron chi connectivity index (χ4n) is 2.17. The van der Waals surface area contributed by atoms with Crippen molar-refractivity contribution in [2.75, 3.05) is 20.6 Å². The third-order valence-electron chi connectivity index (χ3n) is 3.72. The van der Waals surface area contributed by atoms with E-state index in [1.807, 2.05) is 14.1 Å². The highest BCUT2D eigenvalue weighted by atomic mass is 35.5. The minimum absolute atomic E-state index is 0.00827. The molecule has 1 rings (SSSR count). The molecule has 2 unspecified atom stereocenters. The molecule has 0 aliphatic carbocycles. The van der Waals surface area contributed by atoms with Gasteiger partial charge in [-0.25, -0.2) is 0 Å². The monoisotopic (exact) mass is 340 g/mol. The van der Waals surface area contributed by atoms with Crippen molar-refractivity contribution >= 4 is 17.5 Å². The van der Waals surface area contributed by atoms with Crippen molar-refractivity contribution in [3.63, 3.8) is 0 Å². The first-order chi connectivity index (χ1) is 10.6. The van der Waals surface area contributed by atoms with Gasteiger partial charge >= 0.3 is 0 Å². The van der Waals surface area contributed by atoms with Crippen molar-refractivity contribution in [2.45, 2.75) is 46.3 Å². The van der Waals surface area contributed by atoms with Crippen LogP contribution in [0.15, 0.2) is 24.3 Å². The lowest BCUT2D eigenvalue weighted by Gasteiger charge is -2.33. The molecule has 0 bridgehead atoms. The van der Waals surface area contributed by atoms with Gasteiger partial charge in [0.1, 0.15) is 5.75 Å². The first-order valence-corrected chi connectivity index (χ1v) is 8.34. The average molecular weight is 341 g/mol. The second kappa shape index (κ2) is 8.55. The molecule has 2 atom stereocenters. The van der Waals surface area contributed by atoms with E-state index < -0.39 is 6.10 Å². The zero-order chi connectivity index (χ0) is 17.6. The molecule has 1 N–H and O–H groups in total. The molecule has 0 aliphatic rings. The fourth-order valence-corrected chi connectivity index (χ4v) is 2.29. The van der Waals surface area contributed by atoms with Gasteiger partial charge in [-0.05, 0) is 63.7 Å². The minimum Gasteiger partial charge on any atom is -0.481 e. The molecule has 1 amide bonds. The van der Waals surface area contributed by atoms with Gasteiger partial charge in [-0.1, -0.05) is 32.4 Å². The van der Waals surface area contributed by atoms with E-state index in [9.17, 15) is 4.79 Å². The van der Waals surface area contributed by atoms with Gasteiger partial charge in [0.05, 0.1) is 0 Å². The van der Waals surface area contributed by atoms with Crippen molar-refractivity contribution in [3.8, 4) is 5.75 Å². The molecule has 0 saturated carbocycles. The van der Waals surface area contributed by atoms with Gasteiger partial charge in [0.25, 0.3) is 5.91 Å². The highest BCUT2D eigenvalue weighted by Crippen LogP contribution is 2.22. The third kappa shape index (κ3) is 7.23. The first kappa shape index (κ1) is 19.8. The second-order valence-electron chi connectivity index (χ2n) is 7.23. The van der Waals surface area contributed by atoms with Crippen LogP contribution in [-0.2, 0) is 4.79 Å². The number of hydrogen-bond donors (Lipinski definition) is 1. The van der Waals surface area contributed by atoms with Crippen LogP contribution in [0.2, 0.25) is 5.02 Å². The van der Waals surface area contributed by atoms with Crippen LogP contribution in [0.3, 0.4) is 0 Å². The summed E-state index contributed by atoms with van der Waals surface area (Å²) in [7, 11) is 4.07. The van der Waals surface area contributed by atoms with Gasteiger partial charge in [-0.2, -0.15) is 0 Å². The molecule has 0 aromatic heterocycles. The summed E-state index contributed by atoms with van der Waals surface area (Å²) in [6.07, 6.45) is 0.344. The lowest BCUT2D eigenvalue weighted by atomic mass is 9.84. The van der Waals surface area contributed by atoms with Gasteiger partial charge in [-0.3, -0.25) is 4.79 Å². The van der Waals surface area contributed by atoms with Crippen molar-refractivity contribution in [1.82, 2.24) is 10.2 Å². The van der Waals surface area contributed by atoms with Gasteiger partial charge in [0.2, 0.25) is 0 Å². The van der Waals surface area contributed by atoms with Crippen LogP contribution in [0, 0.1) is 5.41 Å². The Labute approximate surface area is 145 Å². The lowest BCUT2D eigenvalue weighted by Crippen LogP contribution is -2.49. The summed E-state index contributed by atoms with van der Waals surface area (Å²) >= 11 is 5.85. The number of carbonyl (C=O) groups is 1. The number of nitrogens with zero attached hydrogens (tertiary/aromatic N) is 1. The number of benzene rings is 1. The van der Waals surface area contributed by atoms with Crippen LogP contribution < -0.4 is 10.1 Å². The van der Waals surface area contributed by atoms with Crippen molar-refractivity contribution in [3.05, 3.63) is 29.3 Å². The molecule has 0 heterocycles. The predicted octanol–water partition coefficient (Wildman–Crippen LogP) is 3.59. The summed E-state index contributed by atoms with van der Waals surface area (Å²) in [4.78, 5) is 14.6. The Bertz CT molecular complexity index is 495. The molecule has 0 spiro atoms. The van der Waals surface area contributed by atoms with E-state index in [0.29, 0.717) is 10.8 Å². The average Bonchev–Trinajstić information content (AvgIpc) is 2.44. The second-order valence-corrected chi connectivity index (χ2v) is 7.67. The summed E-state index contributed by atoms with van der Waals surface area (Å²) in [6, 6.07) is 7.11. The summed E-state index contributed by atoms with van der Waals surface area (Å²) in [5, 5.41) is 3.77. The maximum absolute atomic E-state index is 12.4. The highest BCUT2D eigenvalue weighted by molar-refractivity contribution is 6.30. The Kier molecular flexibility index (Phi) is 7.36. The molecule has 1 aromatic carbocycles. The van der Waals surface area contributed by atoms with E-state index in [4.69, 9.17) is 16.3 Å². The summed E-state index contributed by atoms with van der Waals surface area (Å²) in [5.41, 5.74) is -0.00827. The quantitative estimate of drug-likeness (QED) is 0.824. The molecular weight excluding hydrogens is 312 g/mol. The molecular formula is C18H29ClN2O2. The van der Waals surface area contributed by atoms with E-state index in [1.165, 1.54) is 0 Å². The smallest absolute Gasteiger partial charge is 0.261 e. The number of carbonyl (C=O) groups excluding carboxylic acids is 1. The van der Waals surface area contributed by atoms with Crippen molar-refractivity contribution in [1.29, 1.82) is 0 Å². The summed E-state index contributed by atoms with van der Waals surface area (Å²) in [6.45, 7) is 9.10. The Morgan fingerprint density at radius 1 is 1.26 bits per heavy atom. The number of hydrogen-bond acceptors (Lipinski definition) is 3. The summed E-state index contributed by atoms with van der Waals surface area (Å²) in [5.74, 6) is 0.538. The van der Waals surface area contributed by atoms with Gasteiger partial charge < -0.3 is 15.0 Å². The number of rotatable bonds is 7. The molecule has 5 heteroatoms. The van der Waals surface area contributed by atoms with Crippen LogP contribution >= 0.6 is 11.6 Å². The Hall–Kier alpha value is -1.26. The van der Waals surface area contributed by atoms with Crippen molar-refractivity contribution in [2.24, 2.45) is 5.41 Å². The molecule has 0 fully saturated rings. The van der Waals surface area contributed by atoms with Crippen molar-refractivity contribution < 1.29 is 9.53 Å². The molecule has 23 heavy (non-hydrogen) atoms. The van der Waals surface area contributed by atoms with Crippen LogP contribution in [0.25, 0.3) is 0 Å². The van der Waals surface area contributed by atoms with Gasteiger partial charge in [0.15, 0.2) is 6.10 Å². The van der Waals surface area contributed by atoms with E-state index in [1.54, 1.807) is 31.2 Å². The van der Waals surface area contributed by atoms with Crippen LogP contribution in [0.5, 0.6) is 5.75 Å². The van der Waals surface area contributed by atoms with E-state index in [-0.39, 0.29) is 17.4 Å². The van der Waals surface area contributed by atoms with E-state index in [0.717, 1.165) is 13.0 Å². The van der Waals surface area contributed by atoms with Crippen LogP contribution in [0.1, 0.15) is 34.1 Å². The molecule has 1 aromatic rings. The predicted molar refractivity (Wildman–Crippen MR) is 96.1 cm³/mol. The van der Waals surface area contributed by atoms with Crippen LogP contribution in [0.4, 0.5) is 0 Å². The fraction of sp³-hybridized carbons (Fsp3) is 0.611. The molecule has 0 radical (unpaired) electrons. The Balaban J connectivity index is 2.64. The SMILES string of the molecule is CC(Oc1ccc(Cl)cc1)C(=O)NC(CCN(C)C)C(C)(C)C. The van der Waals surface area contributed by atoms with E-state index >= 15 is 0 Å². The normalized spacial score (nSPS) is 14.4. The zero-order valence-corrected chi connectivity index (χ0v) is 15.8. The lowest BCUT2D eigenvalue weighted by molar-refractivity contribution is -0.128. The Morgan fingerprint density at radius 3 is 2.30 bits per heavy atom. The maximum atomic E-state index is 12.4. The van der Waals surface area contributed by atoms with E-state index in [2.05, 4.69) is 31.0 Å². The van der Waals surface area contributed by atoms with Gasteiger partial charge in [-0.15, -0.1) is 0 Å². The minimum atomic E-state index is -0.555. The standard InChI is InChI=1S/C18H29ClN2O2/c1-13(23-15-9-7-14(19)8-10-15)17(22)20-16(18(2,3)4)11-12-21(5)6/h7-10,13,16H,11-12H2,1-6H3,(H,20,22). The molecule has 0 aliphatic heterocycles. The highest BCUT2D eigenvalue weighted by Gasteiger charge is 2.28. The van der Waals surface area contributed by atoms with Gasteiger partial charge in [0, 0.05) is 11.1 Å². The third-order valence-corrected chi connectivity index (χ3v) is 3.97.